The molecule has 12 rings (SSSR count). The second-order valence-corrected chi connectivity index (χ2v) is 22.1. The highest BCUT2D eigenvalue weighted by Crippen LogP contribution is 2.63. The van der Waals surface area contributed by atoms with E-state index in [-0.39, 0.29) is 28.5 Å². The number of rotatable bonds is 5. The summed E-state index contributed by atoms with van der Waals surface area (Å²) in [4.78, 5) is 8.03. The molecule has 2 atom stereocenters. The van der Waals surface area contributed by atoms with Crippen LogP contribution in [0.3, 0.4) is 0 Å². The molecule has 3 nitrogen and oxygen atoms in total. The third kappa shape index (κ3) is 6.17. The number of nitrogens with zero attached hydrogens (tertiary/aromatic N) is 3. The lowest BCUT2D eigenvalue weighted by atomic mass is 9.33. The Balaban J connectivity index is 1.22. The molecule has 0 spiro atoms. The zero-order valence-electron chi connectivity index (χ0n) is 40.4. The van der Waals surface area contributed by atoms with Crippen LogP contribution in [0, 0.1) is 0 Å². The van der Waals surface area contributed by atoms with Crippen molar-refractivity contribution in [2.24, 2.45) is 0 Å². The highest BCUT2D eigenvalue weighted by molar-refractivity contribution is 7.00. The van der Waals surface area contributed by atoms with Gasteiger partial charge < -0.3 is 14.7 Å². The molecule has 1 saturated carbocycles. The predicted octanol–water partition coefficient (Wildman–Crippen LogP) is 15.1. The van der Waals surface area contributed by atoms with Crippen LogP contribution in [-0.4, -0.2) is 12.3 Å². The fourth-order valence-electron chi connectivity index (χ4n) is 12.6. The Kier molecular flexibility index (Phi) is 9.24. The van der Waals surface area contributed by atoms with Crippen LogP contribution < -0.4 is 31.1 Å². The molecular weight excluding hydrogens is 810 g/mol. The minimum Gasteiger partial charge on any atom is -0.334 e. The van der Waals surface area contributed by atoms with Crippen LogP contribution in [0.5, 0.6) is 0 Å². The minimum absolute atomic E-state index is 0.0141. The fourth-order valence-corrected chi connectivity index (χ4v) is 12.6. The molecule has 0 saturated heterocycles. The second kappa shape index (κ2) is 14.9. The van der Waals surface area contributed by atoms with Gasteiger partial charge in [0.2, 0.25) is 0 Å². The molecule has 0 N–H and O–H groups in total. The summed E-state index contributed by atoms with van der Waals surface area (Å²) in [5.41, 5.74) is 22.7. The summed E-state index contributed by atoms with van der Waals surface area (Å²) in [6, 6.07) is 69.5. The highest BCUT2D eigenvalue weighted by Gasteiger charge is 2.59. The van der Waals surface area contributed by atoms with Gasteiger partial charge in [-0.25, -0.2) is 0 Å². The van der Waals surface area contributed by atoms with Crippen molar-refractivity contribution in [3.05, 3.63) is 199 Å². The van der Waals surface area contributed by atoms with Gasteiger partial charge in [-0.15, -0.1) is 0 Å². The van der Waals surface area contributed by atoms with Crippen molar-refractivity contribution in [2.75, 3.05) is 14.7 Å². The Morgan fingerprint density at radius 1 is 0.433 bits per heavy atom. The van der Waals surface area contributed by atoms with Crippen LogP contribution in [-0.2, 0) is 16.2 Å². The molecule has 0 radical (unpaired) electrons. The molecule has 3 heterocycles. The summed E-state index contributed by atoms with van der Waals surface area (Å²) in [5.74, 6) is 0. The maximum Gasteiger partial charge on any atom is 0.252 e. The van der Waals surface area contributed by atoms with Crippen LogP contribution >= 0.6 is 0 Å². The molecule has 1 fully saturated rings. The number of benzene rings is 8. The summed E-state index contributed by atoms with van der Waals surface area (Å²) in [6.07, 6.45) is 3.51. The second-order valence-electron chi connectivity index (χ2n) is 22.1. The lowest BCUT2D eigenvalue weighted by molar-refractivity contribution is 0.330. The average molecular weight is 870 g/mol. The van der Waals surface area contributed by atoms with Gasteiger partial charge in [0.25, 0.3) is 6.71 Å². The number of anilines is 8. The van der Waals surface area contributed by atoms with Crippen LogP contribution in [0.2, 0.25) is 0 Å². The molecule has 8 aromatic carbocycles. The molecule has 4 aliphatic rings. The molecule has 330 valence electrons. The van der Waals surface area contributed by atoms with E-state index in [0.29, 0.717) is 0 Å². The Bertz CT molecular complexity index is 3080. The van der Waals surface area contributed by atoms with Gasteiger partial charge in [-0.2, -0.15) is 0 Å². The zero-order valence-corrected chi connectivity index (χ0v) is 40.4. The zero-order chi connectivity index (χ0) is 46.0. The molecule has 8 aromatic rings. The van der Waals surface area contributed by atoms with Gasteiger partial charge >= 0.3 is 0 Å². The van der Waals surface area contributed by atoms with Crippen molar-refractivity contribution in [3.63, 3.8) is 0 Å². The minimum atomic E-state index is -0.112. The van der Waals surface area contributed by atoms with E-state index in [1.165, 1.54) is 114 Å². The molecule has 67 heavy (non-hydrogen) atoms. The first-order valence-corrected chi connectivity index (χ1v) is 24.5. The van der Waals surface area contributed by atoms with Gasteiger partial charge in [-0.1, -0.05) is 182 Å². The molecular formula is C63H60BN3. The summed E-state index contributed by atoms with van der Waals surface area (Å²) < 4.78 is 0. The van der Waals surface area contributed by atoms with E-state index in [0.717, 1.165) is 6.42 Å². The van der Waals surface area contributed by atoms with Gasteiger partial charge in [0.05, 0.1) is 16.9 Å². The maximum atomic E-state index is 2.76. The molecule has 1 aliphatic carbocycles. The van der Waals surface area contributed by atoms with Crippen molar-refractivity contribution in [1.82, 2.24) is 0 Å². The highest BCUT2D eigenvalue weighted by atomic mass is 15.3. The SMILES string of the molecule is CC(C)(C)c1ccc(N2c3ccccc3B3c4ccccc4N(c4ccc(C(C)(C)C)cc4-c4ccccc4)c4cc(N5c6ccccc6C6(C)CCCC56C)cc2c43)c(-c2ccccc2)c1. The van der Waals surface area contributed by atoms with E-state index in [1.807, 2.05) is 0 Å². The first-order chi connectivity index (χ1) is 32.3. The van der Waals surface area contributed by atoms with Crippen molar-refractivity contribution < 1.29 is 0 Å². The van der Waals surface area contributed by atoms with Gasteiger partial charge in [0, 0.05) is 50.7 Å². The van der Waals surface area contributed by atoms with Gasteiger partial charge in [-0.3, -0.25) is 0 Å². The topological polar surface area (TPSA) is 9.72 Å². The van der Waals surface area contributed by atoms with E-state index < -0.39 is 0 Å². The van der Waals surface area contributed by atoms with Crippen molar-refractivity contribution in [2.45, 2.75) is 96.4 Å². The van der Waals surface area contributed by atoms with Gasteiger partial charge in [-0.05, 0) is 129 Å². The molecule has 0 amide bonds. The van der Waals surface area contributed by atoms with Crippen LogP contribution in [0.25, 0.3) is 22.3 Å². The number of fused-ring (bicyclic) bond motifs is 7. The van der Waals surface area contributed by atoms with Crippen molar-refractivity contribution in [3.8, 4) is 22.3 Å². The van der Waals surface area contributed by atoms with Gasteiger partial charge in [0.1, 0.15) is 0 Å². The third-order valence-corrected chi connectivity index (χ3v) is 16.3. The summed E-state index contributed by atoms with van der Waals surface area (Å²) in [6.45, 7) is 19.1. The Morgan fingerprint density at radius 2 is 0.881 bits per heavy atom. The number of para-hydroxylation sites is 3. The lowest BCUT2D eigenvalue weighted by Gasteiger charge is -2.47. The van der Waals surface area contributed by atoms with E-state index in [4.69, 9.17) is 0 Å². The van der Waals surface area contributed by atoms with Crippen molar-refractivity contribution >= 4 is 68.6 Å². The molecule has 0 aromatic heterocycles. The van der Waals surface area contributed by atoms with Crippen molar-refractivity contribution in [1.29, 1.82) is 0 Å². The third-order valence-electron chi connectivity index (χ3n) is 16.3. The fraction of sp³-hybridized carbons (Fsp3) is 0.238. The standard InChI is InChI=1S/C63H60BN3/c1-60(2,3)44-32-34-52(47(38-44)42-22-11-9-12-23-42)65-55-30-19-16-27-50(55)64-51-28-17-20-31-56(51)66(53-35-33-45(61(4,5)6)39-48(53)43-24-13-10-14-25-43)58-41-46(40-57(65)59(58)64)67-54-29-18-15-26-49(54)62(7)36-21-37-63(62,67)8/h9-20,22-35,38-41H,21,36-37H2,1-8H3. The average Bonchev–Trinajstić information content (AvgIpc) is 3.74. The number of hydrogen-bond donors (Lipinski definition) is 0. The largest absolute Gasteiger partial charge is 0.334 e. The Labute approximate surface area is 398 Å². The first-order valence-electron chi connectivity index (χ1n) is 24.5. The first kappa shape index (κ1) is 41.6. The molecule has 0 bridgehead atoms. The van der Waals surface area contributed by atoms with E-state index in [9.17, 15) is 0 Å². The monoisotopic (exact) mass is 869 g/mol. The van der Waals surface area contributed by atoms with E-state index >= 15 is 0 Å². The smallest absolute Gasteiger partial charge is 0.252 e. The summed E-state index contributed by atoms with van der Waals surface area (Å²) in [7, 11) is 0. The Morgan fingerprint density at radius 3 is 1.37 bits per heavy atom. The maximum absolute atomic E-state index is 2.76. The summed E-state index contributed by atoms with van der Waals surface area (Å²) >= 11 is 0. The Hall–Kier alpha value is -6.78. The normalized spacial score (nSPS) is 19.2. The quantitative estimate of drug-likeness (QED) is 0.160. The van der Waals surface area contributed by atoms with E-state index in [1.54, 1.807) is 0 Å². The van der Waals surface area contributed by atoms with Gasteiger partial charge in [0.15, 0.2) is 0 Å². The summed E-state index contributed by atoms with van der Waals surface area (Å²) in [5, 5.41) is 0. The lowest BCUT2D eigenvalue weighted by Crippen LogP contribution is -2.61. The molecule has 2 unspecified atom stereocenters. The number of hydrogen-bond acceptors (Lipinski definition) is 3. The van der Waals surface area contributed by atoms with E-state index in [2.05, 4.69) is 252 Å². The molecule has 4 heteroatoms. The molecule has 3 aliphatic heterocycles. The van der Waals surface area contributed by atoms with Crippen LogP contribution in [0.1, 0.15) is 91.3 Å². The van der Waals surface area contributed by atoms with Crippen LogP contribution in [0.15, 0.2) is 182 Å². The predicted molar refractivity (Wildman–Crippen MR) is 287 cm³/mol. The van der Waals surface area contributed by atoms with Crippen LogP contribution in [0.4, 0.5) is 45.5 Å².